The zero-order valence-electron chi connectivity index (χ0n) is 11.3. The predicted molar refractivity (Wildman–Crippen MR) is 67.4 cm³/mol. The van der Waals surface area contributed by atoms with Gasteiger partial charge in [-0.3, -0.25) is 4.79 Å². The average molecular weight is 229 g/mol. The highest BCUT2D eigenvalue weighted by molar-refractivity contribution is 5.78. The van der Waals surface area contributed by atoms with Crippen LogP contribution >= 0.6 is 0 Å². The quantitative estimate of drug-likeness (QED) is 0.742. The van der Waals surface area contributed by atoms with Crippen molar-refractivity contribution in [3.8, 4) is 0 Å². The van der Waals surface area contributed by atoms with E-state index in [-0.39, 0.29) is 5.92 Å². The van der Waals surface area contributed by atoms with Crippen LogP contribution in [-0.4, -0.2) is 38.1 Å². The summed E-state index contributed by atoms with van der Waals surface area (Å²) in [4.78, 5) is 13.7. The highest BCUT2D eigenvalue weighted by atomic mass is 16.5. The number of carbonyl (C=O) groups is 1. The van der Waals surface area contributed by atoms with Crippen molar-refractivity contribution in [2.45, 2.75) is 46.0 Å². The Morgan fingerprint density at radius 3 is 2.31 bits per heavy atom. The third-order valence-corrected chi connectivity index (χ3v) is 2.96. The first-order valence-corrected chi connectivity index (χ1v) is 6.49. The summed E-state index contributed by atoms with van der Waals surface area (Å²) in [5, 5.41) is 0. The Kier molecular flexibility index (Phi) is 9.30. The molecule has 0 N–H and O–H groups in total. The number of nitrogens with zero attached hydrogens (tertiary/aromatic N) is 1. The first-order valence-electron chi connectivity index (χ1n) is 6.49. The zero-order chi connectivity index (χ0) is 12.4. The van der Waals surface area contributed by atoms with E-state index in [2.05, 4.69) is 0 Å². The number of ether oxygens (including phenoxy) is 1. The molecule has 0 heterocycles. The van der Waals surface area contributed by atoms with Crippen LogP contribution in [0.1, 0.15) is 46.0 Å². The molecule has 0 aromatic rings. The Morgan fingerprint density at radius 1 is 1.25 bits per heavy atom. The second kappa shape index (κ2) is 9.64. The van der Waals surface area contributed by atoms with Gasteiger partial charge in [0.05, 0.1) is 6.61 Å². The van der Waals surface area contributed by atoms with Gasteiger partial charge in [-0.2, -0.15) is 0 Å². The van der Waals surface area contributed by atoms with E-state index in [1.54, 1.807) is 12.0 Å². The molecule has 3 nitrogen and oxygen atoms in total. The van der Waals surface area contributed by atoms with Crippen molar-refractivity contribution in [1.29, 1.82) is 0 Å². The van der Waals surface area contributed by atoms with Gasteiger partial charge in [0.25, 0.3) is 0 Å². The molecule has 0 saturated heterocycles. The van der Waals surface area contributed by atoms with Crippen molar-refractivity contribution in [1.82, 2.24) is 4.90 Å². The molecule has 1 fully saturated rings. The first kappa shape index (κ1) is 15.4. The smallest absolute Gasteiger partial charge is 0.225 e. The van der Waals surface area contributed by atoms with Crippen molar-refractivity contribution in [2.24, 2.45) is 5.92 Å². The SMILES string of the molecule is CC.COCCN(C)C(=O)C1CCCCC1. The number of carbonyl (C=O) groups excluding carboxylic acids is 1. The summed E-state index contributed by atoms with van der Waals surface area (Å²) in [6, 6.07) is 0. The summed E-state index contributed by atoms with van der Waals surface area (Å²) in [6.45, 7) is 5.35. The molecular formula is C13H27NO2. The van der Waals surface area contributed by atoms with Crippen LogP contribution in [0.15, 0.2) is 0 Å². The molecule has 1 saturated carbocycles. The molecule has 0 unspecified atom stereocenters. The molecule has 0 radical (unpaired) electrons. The van der Waals surface area contributed by atoms with Gasteiger partial charge in [-0.25, -0.2) is 0 Å². The summed E-state index contributed by atoms with van der Waals surface area (Å²) in [6.07, 6.45) is 5.89. The molecule has 0 spiro atoms. The van der Waals surface area contributed by atoms with Gasteiger partial charge in [0.1, 0.15) is 0 Å². The second-order valence-electron chi connectivity index (χ2n) is 4.09. The topological polar surface area (TPSA) is 29.5 Å². The van der Waals surface area contributed by atoms with Crippen molar-refractivity contribution in [3.05, 3.63) is 0 Å². The van der Waals surface area contributed by atoms with Crippen LogP contribution in [0.4, 0.5) is 0 Å². The van der Waals surface area contributed by atoms with Crippen molar-refractivity contribution < 1.29 is 9.53 Å². The molecule has 1 aliphatic carbocycles. The number of likely N-dealkylation sites (N-methyl/N-ethyl adjacent to an activating group) is 1. The van der Waals surface area contributed by atoms with Crippen LogP contribution < -0.4 is 0 Å². The standard InChI is InChI=1S/C11H21NO2.C2H6/c1-12(8-9-14-2)11(13)10-6-4-3-5-7-10;1-2/h10H,3-9H2,1-2H3;1-2H3. The van der Waals surface area contributed by atoms with E-state index in [1.165, 1.54) is 19.3 Å². The maximum Gasteiger partial charge on any atom is 0.225 e. The molecule has 0 aliphatic heterocycles. The Morgan fingerprint density at radius 2 is 1.81 bits per heavy atom. The number of methoxy groups -OCH3 is 1. The van der Waals surface area contributed by atoms with Gasteiger partial charge in [0.15, 0.2) is 0 Å². The molecule has 1 amide bonds. The van der Waals surface area contributed by atoms with Crippen LogP contribution in [-0.2, 0) is 9.53 Å². The van der Waals surface area contributed by atoms with Crippen molar-refractivity contribution in [3.63, 3.8) is 0 Å². The number of rotatable bonds is 4. The van der Waals surface area contributed by atoms with E-state index in [0.29, 0.717) is 19.1 Å². The monoisotopic (exact) mass is 229 g/mol. The Labute approximate surface area is 100 Å². The molecule has 16 heavy (non-hydrogen) atoms. The molecule has 3 heteroatoms. The molecule has 96 valence electrons. The number of hydrogen-bond donors (Lipinski definition) is 0. The van der Waals surface area contributed by atoms with E-state index in [4.69, 9.17) is 4.74 Å². The second-order valence-corrected chi connectivity index (χ2v) is 4.09. The van der Waals surface area contributed by atoms with E-state index in [1.807, 2.05) is 20.9 Å². The molecule has 0 bridgehead atoms. The molecule has 0 atom stereocenters. The molecule has 0 aromatic carbocycles. The minimum Gasteiger partial charge on any atom is -0.383 e. The fraction of sp³-hybridized carbons (Fsp3) is 0.923. The summed E-state index contributed by atoms with van der Waals surface area (Å²) < 4.78 is 4.96. The summed E-state index contributed by atoms with van der Waals surface area (Å²) >= 11 is 0. The largest absolute Gasteiger partial charge is 0.383 e. The summed E-state index contributed by atoms with van der Waals surface area (Å²) in [5.74, 6) is 0.590. The fourth-order valence-corrected chi connectivity index (χ4v) is 2.00. The fourth-order valence-electron chi connectivity index (χ4n) is 2.00. The van der Waals surface area contributed by atoms with E-state index in [9.17, 15) is 4.79 Å². The van der Waals surface area contributed by atoms with Gasteiger partial charge in [0.2, 0.25) is 5.91 Å². The number of amides is 1. The minimum atomic E-state index is 0.283. The normalized spacial score (nSPS) is 16.2. The molecule has 0 aromatic heterocycles. The summed E-state index contributed by atoms with van der Waals surface area (Å²) in [7, 11) is 3.54. The van der Waals surface area contributed by atoms with Gasteiger partial charge >= 0.3 is 0 Å². The Hall–Kier alpha value is -0.570. The summed E-state index contributed by atoms with van der Waals surface area (Å²) in [5.41, 5.74) is 0. The van der Waals surface area contributed by atoms with Gasteiger partial charge < -0.3 is 9.64 Å². The van der Waals surface area contributed by atoms with Crippen LogP contribution in [0, 0.1) is 5.92 Å². The van der Waals surface area contributed by atoms with Gasteiger partial charge in [-0.1, -0.05) is 33.1 Å². The van der Waals surface area contributed by atoms with Crippen molar-refractivity contribution in [2.75, 3.05) is 27.3 Å². The Bertz CT molecular complexity index is 177. The maximum absolute atomic E-state index is 11.9. The lowest BCUT2D eigenvalue weighted by Crippen LogP contribution is -2.36. The lowest BCUT2D eigenvalue weighted by atomic mass is 9.88. The van der Waals surface area contributed by atoms with E-state index >= 15 is 0 Å². The van der Waals surface area contributed by atoms with Gasteiger partial charge in [-0.05, 0) is 12.8 Å². The van der Waals surface area contributed by atoms with Crippen LogP contribution in [0.5, 0.6) is 0 Å². The van der Waals surface area contributed by atoms with Crippen LogP contribution in [0.3, 0.4) is 0 Å². The molecule has 1 rings (SSSR count). The third kappa shape index (κ3) is 5.50. The van der Waals surface area contributed by atoms with Gasteiger partial charge in [-0.15, -0.1) is 0 Å². The Balaban J connectivity index is 0.00000106. The lowest BCUT2D eigenvalue weighted by Gasteiger charge is -2.26. The number of hydrogen-bond acceptors (Lipinski definition) is 2. The molecule has 1 aliphatic rings. The molecular weight excluding hydrogens is 202 g/mol. The zero-order valence-corrected chi connectivity index (χ0v) is 11.3. The van der Waals surface area contributed by atoms with E-state index in [0.717, 1.165) is 12.8 Å². The first-order chi connectivity index (χ1) is 7.75. The van der Waals surface area contributed by atoms with Gasteiger partial charge in [0, 0.05) is 26.6 Å². The predicted octanol–water partition coefficient (Wildman–Crippen LogP) is 2.70. The average Bonchev–Trinajstić information content (AvgIpc) is 2.38. The minimum absolute atomic E-state index is 0.283. The van der Waals surface area contributed by atoms with E-state index < -0.39 is 0 Å². The lowest BCUT2D eigenvalue weighted by molar-refractivity contribution is -0.135. The van der Waals surface area contributed by atoms with Crippen molar-refractivity contribution >= 4 is 5.91 Å². The third-order valence-electron chi connectivity index (χ3n) is 2.96. The maximum atomic E-state index is 11.9. The highest BCUT2D eigenvalue weighted by Crippen LogP contribution is 2.24. The van der Waals surface area contributed by atoms with Crippen LogP contribution in [0.25, 0.3) is 0 Å². The van der Waals surface area contributed by atoms with Crippen LogP contribution in [0.2, 0.25) is 0 Å². The highest BCUT2D eigenvalue weighted by Gasteiger charge is 2.23.